The van der Waals surface area contributed by atoms with E-state index in [1.54, 1.807) is 57.3 Å². The number of ether oxygens (including phenoxy) is 1. The van der Waals surface area contributed by atoms with Crippen molar-refractivity contribution >= 4 is 43.5 Å². The van der Waals surface area contributed by atoms with Crippen molar-refractivity contribution in [1.82, 2.24) is 4.72 Å². The van der Waals surface area contributed by atoms with E-state index in [9.17, 15) is 18.0 Å². The fourth-order valence-electron chi connectivity index (χ4n) is 2.42. The molecule has 1 amide bonds. The minimum Gasteiger partial charge on any atom is -0.454 e. The molecule has 2 aromatic carbocycles. The summed E-state index contributed by atoms with van der Waals surface area (Å²) >= 11 is 3.25. The Balaban J connectivity index is 2.04. The summed E-state index contributed by atoms with van der Waals surface area (Å²) in [4.78, 5) is 26.2. The molecule has 1 atom stereocenters. The second-order valence-corrected chi connectivity index (χ2v) is 9.32. The van der Waals surface area contributed by atoms with Crippen molar-refractivity contribution in [2.45, 2.75) is 24.8 Å². The van der Waals surface area contributed by atoms with Crippen LogP contribution < -0.4 is 9.62 Å². The molecule has 0 aliphatic carbocycles. The predicted octanol–water partition coefficient (Wildman–Crippen LogP) is 2.96. The van der Waals surface area contributed by atoms with E-state index in [1.807, 2.05) is 6.07 Å². The zero-order chi connectivity index (χ0) is 21.6. The number of esters is 1. The summed E-state index contributed by atoms with van der Waals surface area (Å²) in [6.07, 6.45) is 0. The lowest BCUT2D eigenvalue weighted by Gasteiger charge is -2.22. The van der Waals surface area contributed by atoms with E-state index in [2.05, 4.69) is 20.7 Å². The molecule has 0 aliphatic heterocycles. The number of hydrogen-bond donors (Lipinski definition) is 1. The standard InChI is InChI=1S/C20H23BrN2O5S/c1-14(2)19(22-29(26,27)17-11-9-15(21)10-12-17)20(25)28-13-18(24)23(3)16-7-5-4-6-8-16/h4-12,14,19,22H,13H2,1-3H3/t19-/m0/s1. The van der Waals surface area contributed by atoms with E-state index in [0.717, 1.165) is 4.47 Å². The number of amides is 1. The summed E-state index contributed by atoms with van der Waals surface area (Å²) in [6.45, 7) is 2.88. The summed E-state index contributed by atoms with van der Waals surface area (Å²) in [6, 6.07) is 13.8. The van der Waals surface area contributed by atoms with Crippen LogP contribution in [0.5, 0.6) is 0 Å². The summed E-state index contributed by atoms with van der Waals surface area (Å²) in [7, 11) is -2.36. The van der Waals surface area contributed by atoms with E-state index in [4.69, 9.17) is 4.74 Å². The first kappa shape index (κ1) is 23.1. The molecule has 0 saturated heterocycles. The Morgan fingerprint density at radius 2 is 1.66 bits per heavy atom. The molecule has 156 valence electrons. The number of carbonyl (C=O) groups is 2. The molecular weight excluding hydrogens is 460 g/mol. The van der Waals surface area contributed by atoms with Crippen LogP contribution in [0.3, 0.4) is 0 Å². The third-order valence-corrected chi connectivity index (χ3v) is 6.17. The van der Waals surface area contributed by atoms with E-state index >= 15 is 0 Å². The Morgan fingerprint density at radius 1 is 1.07 bits per heavy atom. The number of sulfonamides is 1. The highest BCUT2D eigenvalue weighted by molar-refractivity contribution is 9.10. The maximum absolute atomic E-state index is 12.6. The van der Waals surface area contributed by atoms with Gasteiger partial charge in [0.15, 0.2) is 6.61 Å². The van der Waals surface area contributed by atoms with Gasteiger partial charge in [-0.25, -0.2) is 8.42 Å². The van der Waals surface area contributed by atoms with Gasteiger partial charge in [-0.05, 0) is 42.3 Å². The number of nitrogens with one attached hydrogen (secondary N) is 1. The van der Waals surface area contributed by atoms with Gasteiger partial charge in [-0.15, -0.1) is 0 Å². The van der Waals surface area contributed by atoms with Crippen LogP contribution >= 0.6 is 15.9 Å². The number of nitrogens with zero attached hydrogens (tertiary/aromatic N) is 1. The van der Waals surface area contributed by atoms with Crippen molar-refractivity contribution in [2.24, 2.45) is 5.92 Å². The zero-order valence-electron chi connectivity index (χ0n) is 16.3. The molecular formula is C20H23BrN2O5S. The van der Waals surface area contributed by atoms with Crippen molar-refractivity contribution < 1.29 is 22.7 Å². The first-order chi connectivity index (χ1) is 13.6. The number of carbonyl (C=O) groups excluding carboxylic acids is 2. The smallest absolute Gasteiger partial charge is 0.324 e. The van der Waals surface area contributed by atoms with Crippen LogP contribution in [0.4, 0.5) is 5.69 Å². The molecule has 0 unspecified atom stereocenters. The lowest BCUT2D eigenvalue weighted by molar-refractivity contribution is -0.150. The van der Waals surface area contributed by atoms with Crippen LogP contribution in [0.2, 0.25) is 0 Å². The van der Waals surface area contributed by atoms with Gasteiger partial charge >= 0.3 is 5.97 Å². The van der Waals surface area contributed by atoms with Crippen molar-refractivity contribution in [3.05, 3.63) is 59.1 Å². The van der Waals surface area contributed by atoms with Gasteiger partial charge in [0.1, 0.15) is 6.04 Å². The van der Waals surface area contributed by atoms with Crippen LogP contribution in [0.1, 0.15) is 13.8 Å². The molecule has 7 nitrogen and oxygen atoms in total. The molecule has 2 aromatic rings. The number of likely N-dealkylation sites (N-methyl/N-ethyl adjacent to an activating group) is 1. The molecule has 0 saturated carbocycles. The molecule has 0 aliphatic rings. The van der Waals surface area contributed by atoms with Crippen LogP contribution in [-0.2, 0) is 24.3 Å². The predicted molar refractivity (Wildman–Crippen MR) is 114 cm³/mol. The Labute approximate surface area is 179 Å². The van der Waals surface area contributed by atoms with Gasteiger partial charge < -0.3 is 9.64 Å². The van der Waals surface area contributed by atoms with E-state index in [1.165, 1.54) is 17.0 Å². The highest BCUT2D eigenvalue weighted by Gasteiger charge is 2.30. The fraction of sp³-hybridized carbons (Fsp3) is 0.300. The van der Waals surface area contributed by atoms with E-state index in [0.29, 0.717) is 5.69 Å². The van der Waals surface area contributed by atoms with Gasteiger partial charge in [0.25, 0.3) is 5.91 Å². The van der Waals surface area contributed by atoms with Gasteiger partial charge in [0.2, 0.25) is 10.0 Å². The Kier molecular flexibility index (Phi) is 7.95. The third kappa shape index (κ3) is 6.38. The van der Waals surface area contributed by atoms with Gasteiger partial charge in [-0.1, -0.05) is 48.0 Å². The molecule has 0 bridgehead atoms. The van der Waals surface area contributed by atoms with Gasteiger partial charge in [0.05, 0.1) is 4.90 Å². The third-order valence-electron chi connectivity index (χ3n) is 4.18. The van der Waals surface area contributed by atoms with Crippen LogP contribution in [-0.4, -0.2) is 40.0 Å². The van der Waals surface area contributed by atoms with Crippen molar-refractivity contribution in [1.29, 1.82) is 0 Å². The Morgan fingerprint density at radius 3 is 2.21 bits per heavy atom. The summed E-state index contributed by atoms with van der Waals surface area (Å²) in [5.74, 6) is -1.62. The quantitative estimate of drug-likeness (QED) is 0.583. The molecule has 0 radical (unpaired) electrons. The maximum Gasteiger partial charge on any atom is 0.324 e. The summed E-state index contributed by atoms with van der Waals surface area (Å²) in [5, 5.41) is 0. The molecule has 0 heterocycles. The van der Waals surface area contributed by atoms with E-state index in [-0.39, 0.29) is 10.8 Å². The van der Waals surface area contributed by atoms with Crippen LogP contribution in [0.25, 0.3) is 0 Å². The summed E-state index contributed by atoms with van der Waals surface area (Å²) in [5.41, 5.74) is 0.657. The van der Waals surface area contributed by atoms with Crippen molar-refractivity contribution in [3.63, 3.8) is 0 Å². The molecule has 0 spiro atoms. The van der Waals surface area contributed by atoms with Gasteiger partial charge in [-0.2, -0.15) is 4.72 Å². The van der Waals surface area contributed by atoms with E-state index < -0.39 is 34.5 Å². The number of anilines is 1. The lowest BCUT2D eigenvalue weighted by atomic mass is 10.1. The molecule has 1 N–H and O–H groups in total. The largest absolute Gasteiger partial charge is 0.454 e. The monoisotopic (exact) mass is 482 g/mol. The molecule has 29 heavy (non-hydrogen) atoms. The second kappa shape index (κ2) is 10.00. The minimum absolute atomic E-state index is 0.0269. The highest BCUT2D eigenvalue weighted by Crippen LogP contribution is 2.17. The number of para-hydroxylation sites is 1. The molecule has 0 fully saturated rings. The van der Waals surface area contributed by atoms with Crippen molar-refractivity contribution in [2.75, 3.05) is 18.6 Å². The SMILES string of the molecule is CC(C)[C@H](NS(=O)(=O)c1ccc(Br)cc1)C(=O)OCC(=O)N(C)c1ccccc1. The maximum atomic E-state index is 12.6. The zero-order valence-corrected chi connectivity index (χ0v) is 18.7. The average Bonchev–Trinajstić information content (AvgIpc) is 2.70. The Hall–Kier alpha value is -2.23. The first-order valence-electron chi connectivity index (χ1n) is 8.88. The average molecular weight is 483 g/mol. The van der Waals surface area contributed by atoms with Crippen LogP contribution in [0, 0.1) is 5.92 Å². The molecule has 9 heteroatoms. The highest BCUT2D eigenvalue weighted by atomic mass is 79.9. The first-order valence-corrected chi connectivity index (χ1v) is 11.2. The molecule has 0 aromatic heterocycles. The Bertz CT molecular complexity index is 947. The number of benzene rings is 2. The number of hydrogen-bond acceptors (Lipinski definition) is 5. The summed E-state index contributed by atoms with van der Waals surface area (Å²) < 4.78 is 33.4. The molecule has 2 rings (SSSR count). The number of halogens is 1. The lowest BCUT2D eigenvalue weighted by Crippen LogP contribution is -2.46. The van der Waals surface area contributed by atoms with Crippen LogP contribution in [0.15, 0.2) is 64.0 Å². The van der Waals surface area contributed by atoms with Crippen molar-refractivity contribution in [3.8, 4) is 0 Å². The normalized spacial score (nSPS) is 12.4. The second-order valence-electron chi connectivity index (χ2n) is 6.69. The van der Waals surface area contributed by atoms with Gasteiger partial charge in [-0.3, -0.25) is 9.59 Å². The topological polar surface area (TPSA) is 92.8 Å². The number of rotatable bonds is 8. The fourth-order valence-corrected chi connectivity index (χ4v) is 4.02. The minimum atomic E-state index is -3.93. The van der Waals surface area contributed by atoms with Gasteiger partial charge in [0, 0.05) is 17.2 Å².